The van der Waals surface area contributed by atoms with Gasteiger partial charge in [-0.3, -0.25) is 4.79 Å². The molecular formula is C39H41N7O4. The van der Waals surface area contributed by atoms with Crippen LogP contribution in [0.4, 0.5) is 4.79 Å². The lowest BCUT2D eigenvalue weighted by atomic mass is 9.99. The van der Waals surface area contributed by atoms with Crippen LogP contribution in [0.2, 0.25) is 0 Å². The topological polar surface area (TPSA) is 137 Å². The van der Waals surface area contributed by atoms with Crippen LogP contribution < -0.4 is 10.6 Å². The molecule has 2 aromatic heterocycles. The largest absolute Gasteiger partial charge is 0.483 e. The molecule has 0 unspecified atom stereocenters. The number of methoxy groups -OCH3 is 2. The Morgan fingerprint density at radius 2 is 1.66 bits per heavy atom. The molecule has 6 aromatic rings. The van der Waals surface area contributed by atoms with Crippen molar-refractivity contribution in [2.24, 2.45) is 0 Å². The second kappa shape index (κ2) is 15.4. The monoisotopic (exact) mass is 671 g/mol. The fraction of sp³-hybridized carbons (Fsp3) is 0.231. The summed E-state index contributed by atoms with van der Waals surface area (Å²) in [6, 6.07) is 27.2. The molecule has 0 aliphatic heterocycles. The first-order valence-corrected chi connectivity index (χ1v) is 16.6. The number of hydrogen-bond acceptors (Lipinski definition) is 7. The third-order valence-electron chi connectivity index (χ3n) is 8.58. The van der Waals surface area contributed by atoms with Crippen LogP contribution in [0.3, 0.4) is 0 Å². The third-order valence-corrected chi connectivity index (χ3v) is 8.58. The van der Waals surface area contributed by atoms with Gasteiger partial charge in [0.15, 0.2) is 5.88 Å². The number of carbonyl (C=O) groups excluding carboxylic acids is 2. The van der Waals surface area contributed by atoms with Gasteiger partial charge in [-0.2, -0.15) is 0 Å². The van der Waals surface area contributed by atoms with E-state index in [0.29, 0.717) is 30.4 Å². The number of amides is 2. The van der Waals surface area contributed by atoms with Crippen LogP contribution >= 0.6 is 0 Å². The quantitative estimate of drug-likeness (QED) is 0.0929. The number of carbonyl (C=O) groups is 2. The predicted octanol–water partition coefficient (Wildman–Crippen LogP) is 6.86. The Labute approximate surface area is 290 Å². The van der Waals surface area contributed by atoms with Crippen molar-refractivity contribution < 1.29 is 19.1 Å². The minimum absolute atomic E-state index is 0.237. The minimum Gasteiger partial charge on any atom is -0.483 e. The lowest BCUT2D eigenvalue weighted by Gasteiger charge is -2.27. The summed E-state index contributed by atoms with van der Waals surface area (Å²) in [5.74, 6) is 1.85. The van der Waals surface area contributed by atoms with Gasteiger partial charge in [0.25, 0.3) is 0 Å². The molecular weight excluding hydrogens is 630 g/mol. The zero-order valence-electron chi connectivity index (χ0n) is 28.5. The van der Waals surface area contributed by atoms with Gasteiger partial charge in [-0.05, 0) is 52.8 Å². The Hall–Kier alpha value is -6.10. The van der Waals surface area contributed by atoms with E-state index in [1.165, 1.54) is 7.11 Å². The molecule has 0 spiro atoms. The molecule has 1 atom stereocenters. The summed E-state index contributed by atoms with van der Waals surface area (Å²) in [5, 5.41) is 7.92. The Kier molecular flexibility index (Phi) is 10.4. The average Bonchev–Trinajstić information content (AvgIpc) is 3.80. The van der Waals surface area contributed by atoms with Gasteiger partial charge in [0, 0.05) is 24.9 Å². The van der Waals surface area contributed by atoms with Gasteiger partial charge >= 0.3 is 6.09 Å². The van der Waals surface area contributed by atoms with Gasteiger partial charge in [-0.15, -0.1) is 0 Å². The molecule has 0 aliphatic rings. The number of nitrogens with zero attached hydrogens (tertiary/aromatic N) is 3. The zero-order chi connectivity index (χ0) is 35.0. The first-order valence-electron chi connectivity index (χ1n) is 16.6. The van der Waals surface area contributed by atoms with Crippen LogP contribution in [0, 0.1) is 0 Å². The molecule has 4 N–H and O–H groups in total. The molecule has 0 saturated heterocycles. The molecule has 0 saturated carbocycles. The van der Waals surface area contributed by atoms with Gasteiger partial charge in [-0.1, -0.05) is 79.7 Å². The molecule has 0 aliphatic carbocycles. The van der Waals surface area contributed by atoms with E-state index < -0.39 is 12.1 Å². The number of benzene rings is 4. The van der Waals surface area contributed by atoms with Crippen molar-refractivity contribution in [3.63, 3.8) is 0 Å². The highest BCUT2D eigenvalue weighted by molar-refractivity contribution is 6.05. The summed E-state index contributed by atoms with van der Waals surface area (Å²) < 4.78 is 9.87. The summed E-state index contributed by atoms with van der Waals surface area (Å²) >= 11 is 0. The maximum absolute atomic E-state index is 13.9. The Bertz CT molecular complexity index is 2100. The van der Waals surface area contributed by atoms with E-state index in [1.807, 2.05) is 49.5 Å². The SMILES string of the molecule is C=C(NCCc1ncc(-c2ccc(-c3ccc4c(ccc5nc(CN(CCC)C(=O)[C@H](NC(=O)OC)c6ccccc6)[nH]c54)c3)cc2)[nH]1)OC. The second-order valence-electron chi connectivity index (χ2n) is 11.9. The first kappa shape index (κ1) is 33.8. The highest BCUT2D eigenvalue weighted by atomic mass is 16.5. The third kappa shape index (κ3) is 7.62. The number of fused-ring (bicyclic) bond motifs is 3. The fourth-order valence-electron chi connectivity index (χ4n) is 6.00. The van der Waals surface area contributed by atoms with Crippen molar-refractivity contribution in [2.45, 2.75) is 32.4 Å². The summed E-state index contributed by atoms with van der Waals surface area (Å²) in [6.07, 6.45) is 2.65. The highest BCUT2D eigenvalue weighted by Crippen LogP contribution is 2.30. The minimum atomic E-state index is -0.889. The fourth-order valence-corrected chi connectivity index (χ4v) is 6.00. The number of alkyl carbamates (subject to hydrolysis) is 1. The van der Waals surface area contributed by atoms with Gasteiger partial charge < -0.3 is 35.0 Å². The van der Waals surface area contributed by atoms with Gasteiger partial charge in [0.1, 0.15) is 17.7 Å². The summed E-state index contributed by atoms with van der Waals surface area (Å²) in [7, 11) is 2.87. The molecule has 0 bridgehead atoms. The zero-order valence-corrected chi connectivity index (χ0v) is 28.5. The molecule has 11 nitrogen and oxygen atoms in total. The molecule has 256 valence electrons. The maximum atomic E-state index is 13.9. The van der Waals surface area contributed by atoms with E-state index in [1.54, 1.807) is 12.0 Å². The van der Waals surface area contributed by atoms with E-state index in [-0.39, 0.29) is 12.5 Å². The molecule has 2 amide bonds. The second-order valence-corrected chi connectivity index (χ2v) is 11.9. The number of H-pyrrole nitrogens is 2. The number of ether oxygens (including phenoxy) is 2. The number of hydrogen-bond donors (Lipinski definition) is 4. The molecule has 6 rings (SSSR count). The van der Waals surface area contributed by atoms with Crippen molar-refractivity contribution in [1.82, 2.24) is 35.5 Å². The van der Waals surface area contributed by atoms with Gasteiger partial charge in [-0.25, -0.2) is 14.8 Å². The highest BCUT2D eigenvalue weighted by Gasteiger charge is 2.28. The molecule has 2 heterocycles. The van der Waals surface area contributed by atoms with Crippen molar-refractivity contribution in [1.29, 1.82) is 0 Å². The van der Waals surface area contributed by atoms with E-state index >= 15 is 0 Å². The number of aromatic amines is 2. The van der Waals surface area contributed by atoms with Crippen LogP contribution in [0.25, 0.3) is 44.2 Å². The van der Waals surface area contributed by atoms with Crippen LogP contribution in [-0.4, -0.2) is 64.1 Å². The van der Waals surface area contributed by atoms with Crippen molar-refractivity contribution >= 4 is 33.8 Å². The lowest BCUT2D eigenvalue weighted by Crippen LogP contribution is -2.43. The Balaban J connectivity index is 1.19. The van der Waals surface area contributed by atoms with Crippen molar-refractivity contribution in [3.05, 3.63) is 121 Å². The number of aromatic nitrogens is 4. The van der Waals surface area contributed by atoms with E-state index in [9.17, 15) is 9.59 Å². The van der Waals surface area contributed by atoms with Crippen LogP contribution in [0.5, 0.6) is 0 Å². The first-order chi connectivity index (χ1) is 24.4. The predicted molar refractivity (Wildman–Crippen MR) is 195 cm³/mol. The Morgan fingerprint density at radius 1 is 0.900 bits per heavy atom. The standard InChI is InChI=1S/C39H41N7O4/c1-5-21-46(38(47)36(45-39(48)50-4)28-9-7-6-8-10-28)24-35-42-32-18-16-30-22-29(15-17-31(30)37(32)44-35)26-11-13-27(14-12-26)33-23-41-34(43-33)19-20-40-25(2)49-3/h6-18,22-23,36,40H,2,5,19-21,24H2,1,3-4H3,(H,41,43)(H,42,44)(H,45,48)/t36-/m1/s1. The average molecular weight is 672 g/mol. The molecule has 11 heteroatoms. The van der Waals surface area contributed by atoms with Crippen molar-refractivity contribution in [2.75, 3.05) is 27.3 Å². The van der Waals surface area contributed by atoms with Gasteiger partial charge in [0.2, 0.25) is 5.91 Å². The molecule has 0 radical (unpaired) electrons. The number of nitrogens with one attached hydrogen (secondary N) is 4. The summed E-state index contributed by atoms with van der Waals surface area (Å²) in [6.45, 7) is 7.22. The normalized spacial score (nSPS) is 11.7. The number of rotatable bonds is 14. The lowest BCUT2D eigenvalue weighted by molar-refractivity contribution is -0.134. The van der Waals surface area contributed by atoms with Gasteiger partial charge in [0.05, 0.1) is 43.7 Å². The van der Waals surface area contributed by atoms with Crippen LogP contribution in [0.1, 0.15) is 36.6 Å². The van der Waals surface area contributed by atoms with Crippen LogP contribution in [-0.2, 0) is 27.2 Å². The summed E-state index contributed by atoms with van der Waals surface area (Å²) in [4.78, 5) is 44.0. The van der Waals surface area contributed by atoms with E-state index in [2.05, 4.69) is 80.7 Å². The molecule has 50 heavy (non-hydrogen) atoms. The van der Waals surface area contributed by atoms with Crippen molar-refractivity contribution in [3.8, 4) is 22.4 Å². The number of imidazole rings is 2. The smallest absolute Gasteiger partial charge is 0.407 e. The maximum Gasteiger partial charge on any atom is 0.407 e. The van der Waals surface area contributed by atoms with E-state index in [4.69, 9.17) is 14.5 Å². The Morgan fingerprint density at radius 3 is 2.40 bits per heavy atom. The molecule has 0 fully saturated rings. The summed E-state index contributed by atoms with van der Waals surface area (Å²) in [5.41, 5.74) is 6.62. The van der Waals surface area contributed by atoms with Crippen LogP contribution in [0.15, 0.2) is 104 Å². The molecule has 4 aromatic carbocycles. The van der Waals surface area contributed by atoms with E-state index in [0.717, 1.165) is 62.9 Å².